The summed E-state index contributed by atoms with van der Waals surface area (Å²) in [6, 6.07) is 7.02. The van der Waals surface area contributed by atoms with Crippen LogP contribution in [0.5, 0.6) is 0 Å². The molecule has 84 valence electrons. The molecule has 0 aliphatic rings. The topological polar surface area (TPSA) is 0 Å². The van der Waals surface area contributed by atoms with E-state index in [4.69, 9.17) is 0 Å². The van der Waals surface area contributed by atoms with Crippen LogP contribution in [0.2, 0.25) is 0 Å². The van der Waals surface area contributed by atoms with Crippen molar-refractivity contribution in [3.8, 4) is 0 Å². The fourth-order valence-corrected chi connectivity index (χ4v) is 2.01. The maximum atomic E-state index is 12.8. The third-order valence-corrected chi connectivity index (χ3v) is 2.88. The quantitative estimate of drug-likeness (QED) is 0.623. The van der Waals surface area contributed by atoms with Gasteiger partial charge in [-0.05, 0) is 36.5 Å². The summed E-state index contributed by atoms with van der Waals surface area (Å²) < 4.78 is 12.8. The van der Waals surface area contributed by atoms with Crippen LogP contribution in [0.15, 0.2) is 24.3 Å². The van der Waals surface area contributed by atoms with Gasteiger partial charge in [-0.1, -0.05) is 45.2 Å². The van der Waals surface area contributed by atoms with Gasteiger partial charge in [0, 0.05) is 0 Å². The first-order chi connectivity index (χ1) is 7.27. The van der Waals surface area contributed by atoms with E-state index in [0.717, 1.165) is 0 Å². The van der Waals surface area contributed by atoms with Crippen molar-refractivity contribution in [3.05, 3.63) is 35.6 Å². The zero-order valence-corrected chi connectivity index (χ0v) is 9.80. The van der Waals surface area contributed by atoms with Gasteiger partial charge in [0.2, 0.25) is 0 Å². The smallest absolute Gasteiger partial charge is 0.123 e. The molecule has 0 saturated carbocycles. The summed E-state index contributed by atoms with van der Waals surface area (Å²) in [4.78, 5) is 0. The average molecular weight is 208 g/mol. The van der Waals surface area contributed by atoms with Crippen LogP contribution >= 0.6 is 0 Å². The second kappa shape index (κ2) is 6.60. The summed E-state index contributed by atoms with van der Waals surface area (Å²) in [7, 11) is 0. The van der Waals surface area contributed by atoms with E-state index >= 15 is 0 Å². The Bertz CT molecular complexity index is 263. The Kier molecular flexibility index (Phi) is 5.38. The van der Waals surface area contributed by atoms with E-state index in [1.165, 1.54) is 37.7 Å². The van der Waals surface area contributed by atoms with Crippen molar-refractivity contribution in [2.75, 3.05) is 0 Å². The number of hydrogen-bond donors (Lipinski definition) is 0. The number of rotatable bonds is 6. The molecule has 15 heavy (non-hydrogen) atoms. The second-order valence-electron chi connectivity index (χ2n) is 4.18. The second-order valence-corrected chi connectivity index (χ2v) is 4.18. The van der Waals surface area contributed by atoms with Gasteiger partial charge in [0.25, 0.3) is 0 Å². The molecular formula is C14H21F. The Morgan fingerprint density at radius 3 is 2.20 bits per heavy atom. The summed E-state index contributed by atoms with van der Waals surface area (Å²) in [6.07, 6.45) is 6.15. The molecule has 1 atom stereocenters. The average Bonchev–Trinajstić information content (AvgIpc) is 2.25. The largest absolute Gasteiger partial charge is 0.207 e. The predicted octanol–water partition coefficient (Wildman–Crippen LogP) is 4.90. The summed E-state index contributed by atoms with van der Waals surface area (Å²) in [5, 5.41) is 0. The van der Waals surface area contributed by atoms with Crippen molar-refractivity contribution in [2.45, 2.75) is 51.9 Å². The first-order valence-electron chi connectivity index (χ1n) is 6.03. The molecule has 1 heteroatoms. The van der Waals surface area contributed by atoms with Crippen LogP contribution in [0.4, 0.5) is 4.39 Å². The molecule has 0 N–H and O–H groups in total. The summed E-state index contributed by atoms with van der Waals surface area (Å²) >= 11 is 0. The molecular weight excluding hydrogens is 187 g/mol. The third-order valence-electron chi connectivity index (χ3n) is 2.88. The third kappa shape index (κ3) is 4.03. The zero-order valence-electron chi connectivity index (χ0n) is 9.80. The normalized spacial score (nSPS) is 12.7. The highest BCUT2D eigenvalue weighted by molar-refractivity contribution is 5.20. The fraction of sp³-hybridized carbons (Fsp3) is 0.571. The van der Waals surface area contributed by atoms with E-state index < -0.39 is 0 Å². The van der Waals surface area contributed by atoms with Gasteiger partial charge in [0.05, 0.1) is 0 Å². The number of unbranched alkanes of at least 4 members (excludes halogenated alkanes) is 1. The highest BCUT2D eigenvalue weighted by atomic mass is 19.1. The van der Waals surface area contributed by atoms with Gasteiger partial charge in [0.15, 0.2) is 0 Å². The molecule has 0 nitrogen and oxygen atoms in total. The van der Waals surface area contributed by atoms with Crippen LogP contribution in [0, 0.1) is 5.82 Å². The van der Waals surface area contributed by atoms with Gasteiger partial charge in [-0.15, -0.1) is 0 Å². The lowest BCUT2D eigenvalue weighted by atomic mass is 9.90. The van der Waals surface area contributed by atoms with Gasteiger partial charge in [-0.3, -0.25) is 0 Å². The Balaban J connectivity index is 2.65. The van der Waals surface area contributed by atoms with E-state index in [1.807, 2.05) is 12.1 Å². The fourth-order valence-electron chi connectivity index (χ4n) is 2.01. The maximum Gasteiger partial charge on any atom is 0.123 e. The van der Waals surface area contributed by atoms with Crippen LogP contribution in [0.25, 0.3) is 0 Å². The van der Waals surface area contributed by atoms with Crippen LogP contribution in [0.1, 0.15) is 57.4 Å². The first-order valence-corrected chi connectivity index (χ1v) is 6.03. The van der Waals surface area contributed by atoms with Gasteiger partial charge in [-0.2, -0.15) is 0 Å². The molecule has 0 heterocycles. The molecule has 0 bridgehead atoms. The SMILES string of the molecule is CCCCC(CCC)c1ccc(F)cc1. The van der Waals surface area contributed by atoms with E-state index in [9.17, 15) is 4.39 Å². The van der Waals surface area contributed by atoms with Gasteiger partial charge in [-0.25, -0.2) is 4.39 Å². The molecule has 1 aromatic carbocycles. The lowest BCUT2D eigenvalue weighted by Gasteiger charge is -2.16. The van der Waals surface area contributed by atoms with Crippen LogP contribution in [-0.2, 0) is 0 Å². The predicted molar refractivity (Wildman–Crippen MR) is 63.6 cm³/mol. The van der Waals surface area contributed by atoms with E-state index in [1.54, 1.807) is 12.1 Å². The van der Waals surface area contributed by atoms with E-state index in [-0.39, 0.29) is 5.82 Å². The minimum absolute atomic E-state index is 0.135. The molecule has 1 aromatic rings. The Morgan fingerprint density at radius 1 is 1.00 bits per heavy atom. The lowest BCUT2D eigenvalue weighted by molar-refractivity contribution is 0.539. The molecule has 0 aliphatic carbocycles. The summed E-state index contributed by atoms with van der Waals surface area (Å²) in [5.41, 5.74) is 1.30. The van der Waals surface area contributed by atoms with Crippen molar-refractivity contribution in [1.82, 2.24) is 0 Å². The zero-order chi connectivity index (χ0) is 11.1. The molecule has 0 amide bonds. The molecule has 0 aliphatic heterocycles. The Hall–Kier alpha value is -0.850. The monoisotopic (exact) mass is 208 g/mol. The number of halogens is 1. The molecule has 0 spiro atoms. The standard InChI is InChI=1S/C14H21F/c1-3-5-7-12(6-4-2)13-8-10-14(15)11-9-13/h8-12H,3-7H2,1-2H3. The minimum Gasteiger partial charge on any atom is -0.207 e. The maximum absolute atomic E-state index is 12.8. The molecule has 0 aromatic heterocycles. The lowest BCUT2D eigenvalue weighted by Crippen LogP contribution is -1.98. The van der Waals surface area contributed by atoms with Gasteiger partial charge >= 0.3 is 0 Å². The van der Waals surface area contributed by atoms with E-state index in [2.05, 4.69) is 13.8 Å². The van der Waals surface area contributed by atoms with Gasteiger partial charge < -0.3 is 0 Å². The number of benzene rings is 1. The van der Waals surface area contributed by atoms with Crippen molar-refractivity contribution in [2.24, 2.45) is 0 Å². The summed E-state index contributed by atoms with van der Waals surface area (Å²) in [5.74, 6) is 0.486. The molecule has 0 saturated heterocycles. The van der Waals surface area contributed by atoms with E-state index in [0.29, 0.717) is 5.92 Å². The molecule has 1 unspecified atom stereocenters. The van der Waals surface area contributed by atoms with Crippen molar-refractivity contribution in [3.63, 3.8) is 0 Å². The van der Waals surface area contributed by atoms with Crippen LogP contribution in [0.3, 0.4) is 0 Å². The van der Waals surface area contributed by atoms with Crippen molar-refractivity contribution < 1.29 is 4.39 Å². The van der Waals surface area contributed by atoms with Crippen LogP contribution < -0.4 is 0 Å². The van der Waals surface area contributed by atoms with Crippen molar-refractivity contribution in [1.29, 1.82) is 0 Å². The number of hydrogen-bond acceptors (Lipinski definition) is 0. The molecule has 0 fully saturated rings. The summed E-state index contributed by atoms with van der Waals surface area (Å²) in [6.45, 7) is 4.43. The highest BCUT2D eigenvalue weighted by Crippen LogP contribution is 2.26. The molecule has 1 rings (SSSR count). The Morgan fingerprint density at radius 2 is 1.67 bits per heavy atom. The van der Waals surface area contributed by atoms with Crippen LogP contribution in [-0.4, -0.2) is 0 Å². The first kappa shape index (κ1) is 12.2. The minimum atomic E-state index is -0.135. The van der Waals surface area contributed by atoms with Crippen molar-refractivity contribution >= 4 is 0 Å². The highest BCUT2D eigenvalue weighted by Gasteiger charge is 2.09. The molecule has 0 radical (unpaired) electrons. The van der Waals surface area contributed by atoms with Gasteiger partial charge in [0.1, 0.15) is 5.82 Å². The Labute approximate surface area is 92.5 Å².